The Hall–Kier alpha value is -2.41. The van der Waals surface area contributed by atoms with E-state index < -0.39 is 17.7 Å². The van der Waals surface area contributed by atoms with Gasteiger partial charge in [-0.1, -0.05) is 41.7 Å². The van der Waals surface area contributed by atoms with E-state index in [-0.39, 0.29) is 11.4 Å². The van der Waals surface area contributed by atoms with Gasteiger partial charge in [-0.05, 0) is 33.3 Å². The van der Waals surface area contributed by atoms with Crippen molar-refractivity contribution in [1.82, 2.24) is 4.98 Å². The minimum Gasteiger partial charge on any atom is -0.477 e. The first-order chi connectivity index (χ1) is 11.2. The Kier molecular flexibility index (Phi) is 5.23. The number of nitrogens with zero attached hydrogens (tertiary/aromatic N) is 2. The average molecular weight is 348 g/mol. The number of carbonyl (C=O) groups excluding carboxylic acids is 1. The van der Waals surface area contributed by atoms with Crippen LogP contribution in [0.4, 0.5) is 9.93 Å². The maximum Gasteiger partial charge on any atom is 0.416 e. The highest BCUT2D eigenvalue weighted by molar-refractivity contribution is 7.17. The van der Waals surface area contributed by atoms with Crippen molar-refractivity contribution in [3.63, 3.8) is 0 Å². The maximum atomic E-state index is 12.6. The SMILES string of the molecule is Cc1nc(N(Cc2ccccc2)C(=O)OC(C)(C)C)sc1C(=O)O. The van der Waals surface area contributed by atoms with Gasteiger partial charge in [-0.3, -0.25) is 0 Å². The molecule has 0 unspecified atom stereocenters. The maximum absolute atomic E-state index is 12.6. The molecule has 0 bridgehead atoms. The summed E-state index contributed by atoms with van der Waals surface area (Å²) in [6.45, 7) is 7.20. The smallest absolute Gasteiger partial charge is 0.416 e. The van der Waals surface area contributed by atoms with E-state index in [4.69, 9.17) is 4.74 Å². The van der Waals surface area contributed by atoms with Crippen LogP contribution in [0.15, 0.2) is 30.3 Å². The first-order valence-electron chi connectivity index (χ1n) is 7.42. The van der Waals surface area contributed by atoms with Crippen LogP contribution < -0.4 is 4.90 Å². The molecule has 0 saturated carbocycles. The van der Waals surface area contributed by atoms with Crippen molar-refractivity contribution in [2.75, 3.05) is 4.90 Å². The largest absolute Gasteiger partial charge is 0.477 e. The summed E-state index contributed by atoms with van der Waals surface area (Å²) in [6, 6.07) is 9.40. The van der Waals surface area contributed by atoms with Gasteiger partial charge in [-0.2, -0.15) is 0 Å². The Morgan fingerprint density at radius 3 is 2.38 bits per heavy atom. The van der Waals surface area contributed by atoms with Crippen LogP contribution >= 0.6 is 11.3 Å². The molecule has 2 aromatic rings. The normalized spacial score (nSPS) is 11.2. The predicted octanol–water partition coefficient (Wildman–Crippen LogP) is 4.09. The number of aromatic carboxylic acids is 1. The molecule has 6 nitrogen and oxygen atoms in total. The Labute approximate surface area is 144 Å². The molecule has 0 radical (unpaired) electrons. The summed E-state index contributed by atoms with van der Waals surface area (Å²) in [6.07, 6.45) is -0.558. The van der Waals surface area contributed by atoms with Gasteiger partial charge in [-0.25, -0.2) is 19.5 Å². The van der Waals surface area contributed by atoms with Gasteiger partial charge in [0.05, 0.1) is 12.2 Å². The molecule has 1 amide bonds. The van der Waals surface area contributed by atoms with Gasteiger partial charge < -0.3 is 9.84 Å². The molecule has 1 heterocycles. The predicted molar refractivity (Wildman–Crippen MR) is 92.7 cm³/mol. The molecule has 2 rings (SSSR count). The fourth-order valence-corrected chi connectivity index (χ4v) is 2.88. The van der Waals surface area contributed by atoms with E-state index in [1.54, 1.807) is 27.7 Å². The number of aromatic nitrogens is 1. The third-order valence-electron chi connectivity index (χ3n) is 3.01. The van der Waals surface area contributed by atoms with Crippen LogP contribution in [0, 0.1) is 6.92 Å². The van der Waals surface area contributed by atoms with Crippen molar-refractivity contribution in [2.24, 2.45) is 0 Å². The molecule has 0 fully saturated rings. The van der Waals surface area contributed by atoms with Gasteiger partial charge in [0.1, 0.15) is 10.5 Å². The summed E-state index contributed by atoms with van der Waals surface area (Å²) in [7, 11) is 0. The van der Waals surface area contributed by atoms with Crippen LogP contribution in [0.5, 0.6) is 0 Å². The van der Waals surface area contributed by atoms with E-state index in [0.717, 1.165) is 16.9 Å². The van der Waals surface area contributed by atoms with Crippen molar-refractivity contribution in [1.29, 1.82) is 0 Å². The Bertz CT molecular complexity index is 735. The number of anilines is 1. The number of carbonyl (C=O) groups is 2. The van der Waals surface area contributed by atoms with E-state index in [0.29, 0.717) is 10.8 Å². The fourth-order valence-electron chi connectivity index (χ4n) is 1.99. The molecule has 1 aromatic heterocycles. The molecule has 1 aromatic carbocycles. The zero-order valence-corrected chi connectivity index (χ0v) is 14.9. The number of aryl methyl sites for hydroxylation is 1. The van der Waals surface area contributed by atoms with Crippen LogP contribution in [0.1, 0.15) is 41.7 Å². The number of thiazole rings is 1. The van der Waals surface area contributed by atoms with E-state index >= 15 is 0 Å². The number of hydrogen-bond acceptors (Lipinski definition) is 5. The third-order valence-corrected chi connectivity index (χ3v) is 4.18. The highest BCUT2D eigenvalue weighted by Crippen LogP contribution is 2.28. The lowest BCUT2D eigenvalue weighted by atomic mass is 10.2. The number of ether oxygens (including phenoxy) is 1. The van der Waals surface area contributed by atoms with E-state index in [9.17, 15) is 14.7 Å². The first-order valence-corrected chi connectivity index (χ1v) is 8.24. The van der Waals surface area contributed by atoms with Crippen LogP contribution in [-0.4, -0.2) is 27.8 Å². The van der Waals surface area contributed by atoms with Gasteiger partial charge in [-0.15, -0.1) is 0 Å². The van der Waals surface area contributed by atoms with Crippen LogP contribution in [0.2, 0.25) is 0 Å². The number of amides is 1. The van der Waals surface area contributed by atoms with Crippen molar-refractivity contribution >= 4 is 28.5 Å². The number of hydrogen-bond donors (Lipinski definition) is 1. The summed E-state index contributed by atoms with van der Waals surface area (Å²) < 4.78 is 5.44. The van der Waals surface area contributed by atoms with Crippen LogP contribution in [-0.2, 0) is 11.3 Å². The average Bonchev–Trinajstić information content (AvgIpc) is 2.86. The monoisotopic (exact) mass is 348 g/mol. The second-order valence-corrected chi connectivity index (χ2v) is 7.25. The van der Waals surface area contributed by atoms with Crippen molar-refractivity contribution in [3.05, 3.63) is 46.5 Å². The topological polar surface area (TPSA) is 79.7 Å². The first kappa shape index (κ1) is 17.9. The lowest BCUT2D eigenvalue weighted by Crippen LogP contribution is -2.36. The number of rotatable bonds is 4. The van der Waals surface area contributed by atoms with Gasteiger partial charge in [0.2, 0.25) is 0 Å². The molecule has 128 valence electrons. The second kappa shape index (κ2) is 7.00. The van der Waals surface area contributed by atoms with Crippen LogP contribution in [0.25, 0.3) is 0 Å². The molecular formula is C17H20N2O4S. The Morgan fingerprint density at radius 1 is 1.25 bits per heavy atom. The van der Waals surface area contributed by atoms with E-state index in [1.807, 2.05) is 30.3 Å². The third kappa shape index (κ3) is 4.55. The fraction of sp³-hybridized carbons (Fsp3) is 0.353. The standard InChI is InChI=1S/C17H20N2O4S/c1-11-13(14(20)21)24-15(18-11)19(16(22)23-17(2,3)4)10-12-8-6-5-7-9-12/h5-9H,10H2,1-4H3,(H,20,21). The molecule has 0 aliphatic heterocycles. The van der Waals surface area contributed by atoms with Crippen molar-refractivity contribution < 1.29 is 19.4 Å². The van der Waals surface area contributed by atoms with Crippen molar-refractivity contribution in [2.45, 2.75) is 39.8 Å². The zero-order valence-electron chi connectivity index (χ0n) is 14.1. The molecule has 1 N–H and O–H groups in total. The molecule has 0 aliphatic carbocycles. The zero-order chi connectivity index (χ0) is 17.9. The highest BCUT2D eigenvalue weighted by atomic mass is 32.1. The number of carboxylic acids is 1. The summed E-state index contributed by atoms with van der Waals surface area (Å²) >= 11 is 0.964. The lowest BCUT2D eigenvalue weighted by molar-refractivity contribution is 0.0576. The molecule has 24 heavy (non-hydrogen) atoms. The van der Waals surface area contributed by atoms with Gasteiger partial charge in [0.25, 0.3) is 0 Å². The van der Waals surface area contributed by atoms with E-state index in [1.165, 1.54) is 4.90 Å². The highest BCUT2D eigenvalue weighted by Gasteiger charge is 2.27. The lowest BCUT2D eigenvalue weighted by Gasteiger charge is -2.25. The minimum absolute atomic E-state index is 0.117. The summed E-state index contributed by atoms with van der Waals surface area (Å²) in [5.41, 5.74) is 0.616. The second-order valence-electron chi connectivity index (χ2n) is 6.27. The quantitative estimate of drug-likeness (QED) is 0.900. The van der Waals surface area contributed by atoms with Gasteiger partial charge in [0, 0.05) is 0 Å². The molecule has 0 aliphatic rings. The van der Waals surface area contributed by atoms with Crippen molar-refractivity contribution in [3.8, 4) is 0 Å². The number of benzene rings is 1. The van der Waals surface area contributed by atoms with E-state index in [2.05, 4.69) is 4.98 Å². The molecule has 0 atom stereocenters. The molecular weight excluding hydrogens is 328 g/mol. The van der Waals surface area contributed by atoms with Gasteiger partial charge >= 0.3 is 12.1 Å². The Balaban J connectivity index is 2.37. The number of carboxylic acid groups (broad SMARTS) is 1. The van der Waals surface area contributed by atoms with Gasteiger partial charge in [0.15, 0.2) is 5.13 Å². The summed E-state index contributed by atoms with van der Waals surface area (Å²) in [4.78, 5) is 29.6. The molecule has 0 spiro atoms. The molecule has 7 heteroatoms. The van der Waals surface area contributed by atoms with Crippen LogP contribution in [0.3, 0.4) is 0 Å². The minimum atomic E-state index is -1.06. The Morgan fingerprint density at radius 2 is 1.88 bits per heavy atom. The summed E-state index contributed by atoms with van der Waals surface area (Å²) in [5, 5.41) is 9.52. The molecule has 0 saturated heterocycles. The summed E-state index contributed by atoms with van der Waals surface area (Å²) in [5.74, 6) is -1.06.